The first-order valence-electron chi connectivity index (χ1n) is 7.14. The number of aromatic nitrogens is 1. The van der Waals surface area contributed by atoms with Crippen LogP contribution in [0.4, 0.5) is 14.6 Å². The molecule has 2 aromatic rings. The van der Waals surface area contributed by atoms with Gasteiger partial charge in [0, 0.05) is 5.56 Å². The van der Waals surface area contributed by atoms with Gasteiger partial charge in [0.25, 0.3) is 0 Å². The number of aliphatic hydroxyl groups is 1. The Kier molecular flexibility index (Phi) is 4.56. The number of aliphatic hydroxyl groups excluding tert-OH is 1. The fraction of sp³-hybridized carbons (Fsp3) is 0.400. The van der Waals surface area contributed by atoms with Crippen molar-refractivity contribution in [3.63, 3.8) is 0 Å². The topological polar surface area (TPSA) is 76.8 Å². The minimum Gasteiger partial charge on any atom is -0.394 e. The van der Waals surface area contributed by atoms with E-state index in [1.165, 1.54) is 6.07 Å². The van der Waals surface area contributed by atoms with Crippen LogP contribution < -0.4 is 5.32 Å². The molecule has 124 valence electrons. The molecule has 1 atom stereocenters. The highest BCUT2D eigenvalue weighted by Crippen LogP contribution is 2.34. The third-order valence-corrected chi connectivity index (χ3v) is 3.56. The smallest absolute Gasteiger partial charge is 0.207 e. The second-order valence-electron chi connectivity index (χ2n) is 5.12. The van der Waals surface area contributed by atoms with E-state index in [0.717, 1.165) is 0 Å². The Bertz CT molecular complexity index is 713. The first-order valence-corrected chi connectivity index (χ1v) is 7.14. The van der Waals surface area contributed by atoms with Crippen molar-refractivity contribution in [2.45, 2.75) is 18.8 Å². The molecule has 2 heterocycles. The quantitative estimate of drug-likeness (QED) is 0.794. The van der Waals surface area contributed by atoms with E-state index in [0.29, 0.717) is 19.6 Å². The van der Waals surface area contributed by atoms with E-state index >= 15 is 0 Å². The number of ether oxygens (including phenoxy) is 2. The predicted molar refractivity (Wildman–Crippen MR) is 77.9 cm³/mol. The monoisotopic (exact) mass is 326 g/mol. The van der Waals surface area contributed by atoms with Crippen molar-refractivity contribution in [1.29, 1.82) is 0 Å². The van der Waals surface area contributed by atoms with Gasteiger partial charge in [0.15, 0.2) is 17.9 Å². The number of nitrogens with zero attached hydrogens (tertiary/aromatic N) is 1. The van der Waals surface area contributed by atoms with Gasteiger partial charge in [-0.3, -0.25) is 0 Å². The van der Waals surface area contributed by atoms with Gasteiger partial charge >= 0.3 is 0 Å². The third-order valence-electron chi connectivity index (χ3n) is 3.56. The summed E-state index contributed by atoms with van der Waals surface area (Å²) in [6.07, 6.45) is 1.14. The zero-order chi connectivity index (χ0) is 16.4. The summed E-state index contributed by atoms with van der Waals surface area (Å²) in [5, 5.41) is 16.2. The summed E-state index contributed by atoms with van der Waals surface area (Å²) >= 11 is 0. The molecule has 0 saturated carbocycles. The van der Waals surface area contributed by atoms with E-state index in [2.05, 4.69) is 17.1 Å². The minimum atomic E-state index is -1.15. The summed E-state index contributed by atoms with van der Waals surface area (Å²) in [7, 11) is 0. The zero-order valence-corrected chi connectivity index (χ0v) is 12.2. The average Bonchev–Trinajstić information content (AvgIpc) is 3.20. The lowest BCUT2D eigenvalue weighted by molar-refractivity contribution is -0.0467. The zero-order valence-electron chi connectivity index (χ0n) is 12.2. The number of hydrogen-bond donors (Lipinski definition) is 2. The number of rotatable bonds is 6. The maximum absolute atomic E-state index is 14.2. The molecule has 1 fully saturated rings. The van der Waals surface area contributed by atoms with Crippen LogP contribution in [0.5, 0.6) is 0 Å². The Morgan fingerprint density at radius 1 is 1.39 bits per heavy atom. The van der Waals surface area contributed by atoms with Gasteiger partial charge in [-0.1, -0.05) is 11.2 Å². The van der Waals surface area contributed by atoms with Gasteiger partial charge in [0.05, 0.1) is 31.2 Å². The maximum Gasteiger partial charge on any atom is 0.207 e. The van der Waals surface area contributed by atoms with Gasteiger partial charge in [-0.05, 0) is 12.5 Å². The molecule has 0 aliphatic carbocycles. The Hall–Kier alpha value is -2.03. The van der Waals surface area contributed by atoms with Crippen LogP contribution >= 0.6 is 0 Å². The van der Waals surface area contributed by atoms with Gasteiger partial charge in [0.1, 0.15) is 0 Å². The van der Waals surface area contributed by atoms with Crippen molar-refractivity contribution in [1.82, 2.24) is 5.16 Å². The van der Waals surface area contributed by atoms with Crippen molar-refractivity contribution in [2.24, 2.45) is 0 Å². The molecule has 6 nitrogen and oxygen atoms in total. The number of halogens is 2. The highest BCUT2D eigenvalue weighted by atomic mass is 19.2. The van der Waals surface area contributed by atoms with Gasteiger partial charge in [0.2, 0.25) is 11.4 Å². The molecule has 23 heavy (non-hydrogen) atoms. The second-order valence-corrected chi connectivity index (χ2v) is 5.12. The molecule has 1 aliphatic heterocycles. The van der Waals surface area contributed by atoms with E-state index in [1.807, 2.05) is 0 Å². The highest BCUT2D eigenvalue weighted by Gasteiger charge is 2.28. The number of fused-ring (bicyclic) bond motifs is 1. The summed E-state index contributed by atoms with van der Waals surface area (Å²) in [6.45, 7) is 4.04. The lowest BCUT2D eigenvalue weighted by Gasteiger charge is -2.14. The fourth-order valence-corrected chi connectivity index (χ4v) is 2.42. The predicted octanol–water partition coefficient (Wildman–Crippen LogP) is 2.50. The van der Waals surface area contributed by atoms with Crippen LogP contribution in [0.1, 0.15) is 18.3 Å². The molecule has 1 unspecified atom stereocenters. The second kappa shape index (κ2) is 6.61. The maximum atomic E-state index is 14.2. The Morgan fingerprint density at radius 2 is 2.13 bits per heavy atom. The Labute approximate surface area is 130 Å². The number of anilines is 1. The van der Waals surface area contributed by atoms with Crippen LogP contribution in [0, 0.1) is 11.6 Å². The van der Waals surface area contributed by atoms with Gasteiger partial charge in [-0.15, -0.1) is 6.58 Å². The molecule has 0 radical (unpaired) electrons. The fourth-order valence-electron chi connectivity index (χ4n) is 2.42. The van der Waals surface area contributed by atoms with Crippen molar-refractivity contribution in [3.05, 3.63) is 35.9 Å². The summed E-state index contributed by atoms with van der Waals surface area (Å²) in [6, 6.07) is 1.02. The normalized spacial score (nSPS) is 16.8. The van der Waals surface area contributed by atoms with Crippen LogP contribution in [0.15, 0.2) is 23.2 Å². The molecule has 8 heteroatoms. The van der Waals surface area contributed by atoms with Crippen LogP contribution in [-0.4, -0.2) is 36.1 Å². The number of nitrogens with one attached hydrogen (secondary N) is 1. The van der Waals surface area contributed by atoms with Crippen LogP contribution in [0.3, 0.4) is 0 Å². The molecule has 0 spiro atoms. The SMILES string of the molecule is C=CCC(CO)Nc1noc2c(F)c(F)c(C3OCCO3)cc12. The summed E-state index contributed by atoms with van der Waals surface area (Å²) in [5.41, 5.74) is -0.356. The van der Waals surface area contributed by atoms with Gasteiger partial charge in [-0.2, -0.15) is 4.39 Å². The van der Waals surface area contributed by atoms with Crippen molar-refractivity contribution in [3.8, 4) is 0 Å². The van der Waals surface area contributed by atoms with Gasteiger partial charge in [-0.25, -0.2) is 4.39 Å². The molecule has 3 rings (SSSR count). The first kappa shape index (κ1) is 15.9. The molecule has 1 saturated heterocycles. The summed E-state index contributed by atoms with van der Waals surface area (Å²) in [5.74, 6) is -2.03. The highest BCUT2D eigenvalue weighted by molar-refractivity contribution is 5.89. The lowest BCUT2D eigenvalue weighted by atomic mass is 10.1. The van der Waals surface area contributed by atoms with Crippen LogP contribution in [0.25, 0.3) is 11.0 Å². The lowest BCUT2D eigenvalue weighted by Crippen LogP contribution is -2.23. The van der Waals surface area contributed by atoms with Gasteiger partial charge < -0.3 is 24.4 Å². The largest absolute Gasteiger partial charge is 0.394 e. The van der Waals surface area contributed by atoms with Crippen LogP contribution in [0.2, 0.25) is 0 Å². The molecular weight excluding hydrogens is 310 g/mol. The molecule has 1 aromatic carbocycles. The Morgan fingerprint density at radius 3 is 2.78 bits per heavy atom. The summed E-state index contributed by atoms with van der Waals surface area (Å²) < 4.78 is 43.7. The molecule has 1 aromatic heterocycles. The van der Waals surface area contributed by atoms with Crippen molar-refractivity contribution in [2.75, 3.05) is 25.1 Å². The minimum absolute atomic E-state index is 0.0528. The number of benzene rings is 1. The molecule has 0 bridgehead atoms. The Balaban J connectivity index is 2.02. The van der Waals surface area contributed by atoms with Crippen molar-refractivity contribution < 1.29 is 27.9 Å². The molecule has 1 aliphatic rings. The third kappa shape index (κ3) is 2.92. The van der Waals surface area contributed by atoms with E-state index < -0.39 is 17.9 Å². The number of hydrogen-bond acceptors (Lipinski definition) is 6. The average molecular weight is 326 g/mol. The van der Waals surface area contributed by atoms with E-state index in [-0.39, 0.29) is 35.0 Å². The van der Waals surface area contributed by atoms with Crippen molar-refractivity contribution >= 4 is 16.8 Å². The molecule has 0 amide bonds. The van der Waals surface area contributed by atoms with Crippen LogP contribution in [-0.2, 0) is 9.47 Å². The molecular formula is C15H16F2N2O4. The van der Waals surface area contributed by atoms with E-state index in [1.54, 1.807) is 6.08 Å². The standard InChI is InChI=1S/C15H16F2N2O4/c1-2-3-8(7-20)18-14-10-6-9(15-21-4-5-22-15)11(16)12(17)13(10)23-19-14/h2,6,8,15,20H,1,3-5,7H2,(H,18,19). The molecule has 2 N–H and O–H groups in total. The first-order chi connectivity index (χ1) is 11.2. The summed E-state index contributed by atoms with van der Waals surface area (Å²) in [4.78, 5) is 0. The van der Waals surface area contributed by atoms with E-state index in [9.17, 15) is 13.9 Å². The van der Waals surface area contributed by atoms with E-state index in [4.69, 9.17) is 14.0 Å².